The quantitative estimate of drug-likeness (QED) is 0.683. The Morgan fingerprint density at radius 1 is 1.13 bits per heavy atom. The highest BCUT2D eigenvalue weighted by molar-refractivity contribution is 7.17. The maximum absolute atomic E-state index is 13.3. The van der Waals surface area contributed by atoms with Gasteiger partial charge in [0.25, 0.3) is 5.56 Å². The molecule has 3 aromatic rings. The molecule has 2 fully saturated rings. The predicted molar refractivity (Wildman–Crippen MR) is 121 cm³/mol. The summed E-state index contributed by atoms with van der Waals surface area (Å²) < 4.78 is 2.40. The Hall–Kier alpha value is -2.67. The molecule has 0 bridgehead atoms. The second-order valence-electron chi connectivity index (χ2n) is 8.47. The zero-order chi connectivity index (χ0) is 20.7. The number of aromatic nitrogens is 2. The van der Waals surface area contributed by atoms with Crippen molar-refractivity contribution in [2.45, 2.75) is 32.6 Å². The van der Waals surface area contributed by atoms with Gasteiger partial charge in [-0.1, -0.05) is 17.7 Å². The molecule has 1 aliphatic heterocycles. The summed E-state index contributed by atoms with van der Waals surface area (Å²) in [6, 6.07) is 9.88. The van der Waals surface area contributed by atoms with Crippen LogP contribution in [0.2, 0.25) is 0 Å². The molecule has 1 N–H and O–H groups in total. The number of benzene rings is 1. The second-order valence-corrected chi connectivity index (χ2v) is 9.39. The summed E-state index contributed by atoms with van der Waals surface area (Å²) in [4.78, 5) is 32.8. The number of amides is 1. The number of hydrogen-bond acceptors (Lipinski definition) is 5. The van der Waals surface area contributed by atoms with Gasteiger partial charge in [0, 0.05) is 25.6 Å². The lowest BCUT2D eigenvalue weighted by Gasteiger charge is -2.33. The third-order valence-electron chi connectivity index (χ3n) is 6.16. The Morgan fingerprint density at radius 2 is 1.87 bits per heavy atom. The Kier molecular flexibility index (Phi) is 5.06. The van der Waals surface area contributed by atoms with E-state index in [1.165, 1.54) is 24.2 Å². The van der Waals surface area contributed by atoms with E-state index in [-0.39, 0.29) is 17.4 Å². The van der Waals surface area contributed by atoms with Crippen LogP contribution < -0.4 is 15.8 Å². The maximum Gasteiger partial charge on any atom is 0.277 e. The summed E-state index contributed by atoms with van der Waals surface area (Å²) in [6.07, 6.45) is 4.04. The average molecular weight is 423 g/mol. The van der Waals surface area contributed by atoms with E-state index in [0.717, 1.165) is 49.2 Å². The fourth-order valence-corrected chi connectivity index (χ4v) is 4.85. The van der Waals surface area contributed by atoms with Gasteiger partial charge in [0.15, 0.2) is 0 Å². The number of rotatable bonds is 5. The number of thiophene rings is 1. The minimum Gasteiger partial charge on any atom is -0.356 e. The number of anilines is 1. The molecule has 0 unspecified atom stereocenters. The van der Waals surface area contributed by atoms with E-state index in [2.05, 4.69) is 10.2 Å². The van der Waals surface area contributed by atoms with Crippen molar-refractivity contribution in [1.29, 1.82) is 0 Å². The molecule has 1 amide bonds. The van der Waals surface area contributed by atoms with Gasteiger partial charge in [0.05, 0.1) is 11.2 Å². The van der Waals surface area contributed by atoms with Crippen molar-refractivity contribution in [1.82, 2.24) is 14.9 Å². The van der Waals surface area contributed by atoms with Gasteiger partial charge in [-0.3, -0.25) is 9.59 Å². The molecule has 0 atom stereocenters. The molecule has 5 rings (SSSR count). The highest BCUT2D eigenvalue weighted by Gasteiger charge is 2.29. The van der Waals surface area contributed by atoms with Gasteiger partial charge in [-0.2, -0.15) is 0 Å². The topological polar surface area (TPSA) is 67.2 Å². The fraction of sp³-hybridized carbons (Fsp3) is 0.435. The van der Waals surface area contributed by atoms with Crippen molar-refractivity contribution >= 4 is 33.4 Å². The van der Waals surface area contributed by atoms with Crippen LogP contribution in [-0.4, -0.2) is 35.1 Å². The predicted octanol–water partition coefficient (Wildman–Crippen LogP) is 3.50. The van der Waals surface area contributed by atoms with Crippen LogP contribution in [0.15, 0.2) is 40.5 Å². The van der Waals surface area contributed by atoms with Gasteiger partial charge >= 0.3 is 0 Å². The van der Waals surface area contributed by atoms with Crippen LogP contribution in [0, 0.1) is 18.8 Å². The highest BCUT2D eigenvalue weighted by Crippen LogP contribution is 2.29. The zero-order valence-electron chi connectivity index (χ0n) is 17.1. The van der Waals surface area contributed by atoms with Crippen LogP contribution >= 0.6 is 11.3 Å². The number of carbonyl (C=O) groups is 1. The van der Waals surface area contributed by atoms with Crippen molar-refractivity contribution in [2.24, 2.45) is 11.8 Å². The lowest BCUT2D eigenvalue weighted by molar-refractivity contribution is -0.125. The number of nitrogens with one attached hydrogen (secondary N) is 1. The van der Waals surface area contributed by atoms with Crippen LogP contribution in [0.3, 0.4) is 0 Å². The molecule has 1 saturated heterocycles. The zero-order valence-corrected chi connectivity index (χ0v) is 18.0. The first-order chi connectivity index (χ1) is 14.6. The molecule has 30 heavy (non-hydrogen) atoms. The number of fused-ring (bicyclic) bond motifs is 1. The van der Waals surface area contributed by atoms with Gasteiger partial charge in [-0.05, 0) is 62.1 Å². The summed E-state index contributed by atoms with van der Waals surface area (Å²) >= 11 is 1.43. The van der Waals surface area contributed by atoms with Crippen molar-refractivity contribution < 1.29 is 4.79 Å². The molecule has 2 aromatic heterocycles. The van der Waals surface area contributed by atoms with Gasteiger partial charge < -0.3 is 10.2 Å². The summed E-state index contributed by atoms with van der Waals surface area (Å²) in [6.45, 7) is 4.29. The summed E-state index contributed by atoms with van der Waals surface area (Å²) in [5, 5.41) is 5.03. The van der Waals surface area contributed by atoms with Gasteiger partial charge in [0.2, 0.25) is 11.9 Å². The standard InChI is InChI=1S/C23H26N4O2S/c1-15-2-6-18(7-3-15)27-22(29)20-19(10-13-30-20)25-23(27)26-11-8-17(9-12-26)21(28)24-14-16-4-5-16/h2-3,6-7,10,13,16-17H,4-5,8-9,11-12,14H2,1H3,(H,24,28). The first kappa shape index (κ1) is 19.3. The molecule has 2 aliphatic rings. The molecule has 1 aliphatic carbocycles. The molecule has 0 spiro atoms. The number of piperidine rings is 1. The monoisotopic (exact) mass is 422 g/mol. The Labute approximate surface area is 179 Å². The molecule has 1 saturated carbocycles. The first-order valence-corrected chi connectivity index (χ1v) is 11.6. The van der Waals surface area contributed by atoms with Gasteiger partial charge in [-0.15, -0.1) is 11.3 Å². The van der Waals surface area contributed by atoms with E-state index in [0.29, 0.717) is 16.6 Å². The van der Waals surface area contributed by atoms with Crippen LogP contribution in [0.1, 0.15) is 31.2 Å². The molecule has 156 valence electrons. The lowest BCUT2D eigenvalue weighted by atomic mass is 9.96. The SMILES string of the molecule is Cc1ccc(-n2c(N3CCC(C(=O)NCC4CC4)CC3)nc3ccsc3c2=O)cc1. The highest BCUT2D eigenvalue weighted by atomic mass is 32.1. The minimum atomic E-state index is -0.0295. The van der Waals surface area contributed by atoms with Crippen LogP contribution in [0.25, 0.3) is 15.9 Å². The van der Waals surface area contributed by atoms with Crippen molar-refractivity contribution in [3.05, 3.63) is 51.6 Å². The molecule has 6 nitrogen and oxygen atoms in total. The lowest BCUT2D eigenvalue weighted by Crippen LogP contribution is -2.43. The van der Waals surface area contributed by atoms with E-state index in [1.54, 1.807) is 4.57 Å². The van der Waals surface area contributed by atoms with Gasteiger partial charge in [0.1, 0.15) is 4.70 Å². The van der Waals surface area contributed by atoms with Crippen molar-refractivity contribution in [3.63, 3.8) is 0 Å². The van der Waals surface area contributed by atoms with Crippen LogP contribution in [0.4, 0.5) is 5.95 Å². The minimum absolute atomic E-state index is 0.0295. The maximum atomic E-state index is 13.3. The number of aryl methyl sites for hydroxylation is 1. The molecule has 3 heterocycles. The summed E-state index contributed by atoms with van der Waals surface area (Å²) in [5.41, 5.74) is 2.69. The smallest absolute Gasteiger partial charge is 0.277 e. The van der Waals surface area contributed by atoms with Crippen molar-refractivity contribution in [2.75, 3.05) is 24.5 Å². The van der Waals surface area contributed by atoms with Crippen molar-refractivity contribution in [3.8, 4) is 5.69 Å². The summed E-state index contributed by atoms with van der Waals surface area (Å²) in [7, 11) is 0. The first-order valence-electron chi connectivity index (χ1n) is 10.7. The molecular weight excluding hydrogens is 396 g/mol. The number of hydrogen-bond donors (Lipinski definition) is 1. The molecule has 7 heteroatoms. The Balaban J connectivity index is 1.42. The van der Waals surface area contributed by atoms with E-state index in [1.807, 2.05) is 42.6 Å². The van der Waals surface area contributed by atoms with E-state index >= 15 is 0 Å². The molecule has 0 radical (unpaired) electrons. The molecule has 1 aromatic carbocycles. The van der Waals surface area contributed by atoms with Crippen LogP contribution in [0.5, 0.6) is 0 Å². The number of nitrogens with zero attached hydrogens (tertiary/aromatic N) is 3. The average Bonchev–Trinajstić information content (AvgIpc) is 3.47. The third-order valence-corrected chi connectivity index (χ3v) is 7.06. The largest absolute Gasteiger partial charge is 0.356 e. The van der Waals surface area contributed by atoms with Gasteiger partial charge in [-0.25, -0.2) is 9.55 Å². The Morgan fingerprint density at radius 3 is 2.57 bits per heavy atom. The Bertz CT molecular complexity index is 1120. The number of carbonyl (C=O) groups excluding carboxylic acids is 1. The second kappa shape index (κ2) is 7.87. The van der Waals surface area contributed by atoms with E-state index < -0.39 is 0 Å². The van der Waals surface area contributed by atoms with E-state index in [4.69, 9.17) is 4.98 Å². The summed E-state index contributed by atoms with van der Waals surface area (Å²) in [5.74, 6) is 1.59. The molecular formula is C23H26N4O2S. The normalized spacial score (nSPS) is 17.4. The van der Waals surface area contributed by atoms with Crippen LogP contribution in [-0.2, 0) is 4.79 Å². The fourth-order valence-electron chi connectivity index (χ4n) is 4.09. The van der Waals surface area contributed by atoms with E-state index in [9.17, 15) is 9.59 Å². The third kappa shape index (κ3) is 3.74.